The molecule has 1 N–H and O–H groups in total. The Morgan fingerprint density at radius 1 is 1.61 bits per heavy atom. The number of hydrogen-bond acceptors (Lipinski definition) is 6. The number of nitro groups is 1. The third-order valence-corrected chi connectivity index (χ3v) is 2.19. The van der Waals surface area contributed by atoms with Gasteiger partial charge in [0.2, 0.25) is 0 Å². The Hall–Kier alpha value is -2.62. The number of esters is 1. The van der Waals surface area contributed by atoms with Gasteiger partial charge < -0.3 is 9.84 Å². The summed E-state index contributed by atoms with van der Waals surface area (Å²) in [5, 5.41) is 29.1. The second kappa shape index (κ2) is 5.63. The van der Waals surface area contributed by atoms with Crippen molar-refractivity contribution in [2.45, 2.75) is 13.3 Å². The third-order valence-electron chi connectivity index (χ3n) is 2.19. The molecule has 0 radical (unpaired) electrons. The number of hydrogen-bond donors (Lipinski definition) is 1. The lowest BCUT2D eigenvalue weighted by Crippen LogP contribution is -2.08. The first kappa shape index (κ1) is 13.4. The van der Waals surface area contributed by atoms with Crippen molar-refractivity contribution in [1.82, 2.24) is 0 Å². The van der Waals surface area contributed by atoms with E-state index in [1.807, 2.05) is 0 Å². The average molecular weight is 250 g/mol. The Kier molecular flexibility index (Phi) is 4.21. The van der Waals surface area contributed by atoms with E-state index in [0.29, 0.717) is 0 Å². The van der Waals surface area contributed by atoms with Crippen molar-refractivity contribution in [3.63, 3.8) is 0 Å². The minimum Gasteiger partial charge on any atom is -0.506 e. The quantitative estimate of drug-likeness (QED) is 0.489. The third kappa shape index (κ3) is 2.74. The molecule has 0 spiro atoms. The highest BCUT2D eigenvalue weighted by Gasteiger charge is 2.21. The molecule has 0 atom stereocenters. The van der Waals surface area contributed by atoms with Crippen molar-refractivity contribution in [3.8, 4) is 11.8 Å². The van der Waals surface area contributed by atoms with Gasteiger partial charge in [0.15, 0.2) is 5.56 Å². The highest BCUT2D eigenvalue weighted by molar-refractivity contribution is 5.75. The van der Waals surface area contributed by atoms with Gasteiger partial charge in [0.1, 0.15) is 11.8 Å². The number of carbonyl (C=O) groups is 1. The zero-order valence-electron chi connectivity index (χ0n) is 9.54. The van der Waals surface area contributed by atoms with Crippen molar-refractivity contribution in [3.05, 3.63) is 33.4 Å². The van der Waals surface area contributed by atoms with Crippen molar-refractivity contribution >= 4 is 11.7 Å². The number of phenolic OH excluding ortho intramolecular Hbond substituents is 1. The Morgan fingerprint density at radius 2 is 2.28 bits per heavy atom. The fourth-order valence-electron chi connectivity index (χ4n) is 1.40. The molecule has 0 saturated carbocycles. The van der Waals surface area contributed by atoms with Crippen LogP contribution in [0.1, 0.15) is 18.1 Å². The molecule has 0 bridgehead atoms. The molecule has 0 fully saturated rings. The monoisotopic (exact) mass is 250 g/mol. The molecule has 1 aromatic carbocycles. The highest BCUT2D eigenvalue weighted by Crippen LogP contribution is 2.30. The number of ether oxygens (including phenoxy) is 1. The summed E-state index contributed by atoms with van der Waals surface area (Å²) in [6.45, 7) is 1.83. The molecule has 0 unspecified atom stereocenters. The standard InChI is InChI=1S/C11H10N2O5/c1-2-18-10(14)5-7-3-4-9(13(16)17)8(6-12)11(7)15/h3-4,15H,2,5H2,1H3. The molecule has 0 aliphatic heterocycles. The van der Waals surface area contributed by atoms with Crippen molar-refractivity contribution < 1.29 is 19.6 Å². The topological polar surface area (TPSA) is 113 Å². The van der Waals surface area contributed by atoms with Gasteiger partial charge in [-0.25, -0.2) is 0 Å². The molecule has 1 aromatic rings. The van der Waals surface area contributed by atoms with E-state index in [0.717, 1.165) is 6.07 Å². The van der Waals surface area contributed by atoms with Gasteiger partial charge >= 0.3 is 5.97 Å². The Balaban J connectivity index is 3.15. The number of phenols is 1. The summed E-state index contributed by atoms with van der Waals surface area (Å²) in [6, 6.07) is 3.85. The number of aromatic hydroxyl groups is 1. The van der Waals surface area contributed by atoms with Crippen LogP contribution in [-0.4, -0.2) is 22.6 Å². The summed E-state index contributed by atoms with van der Waals surface area (Å²) in [6.07, 6.45) is -0.244. The van der Waals surface area contributed by atoms with E-state index < -0.39 is 27.9 Å². The summed E-state index contributed by atoms with van der Waals surface area (Å²) in [7, 11) is 0. The first-order chi connectivity index (χ1) is 8.51. The van der Waals surface area contributed by atoms with Gasteiger partial charge in [-0.1, -0.05) is 0 Å². The first-order valence-corrected chi connectivity index (χ1v) is 5.06. The zero-order valence-corrected chi connectivity index (χ0v) is 9.54. The fraction of sp³-hybridized carbons (Fsp3) is 0.273. The predicted molar refractivity (Wildman–Crippen MR) is 59.8 cm³/mol. The lowest BCUT2D eigenvalue weighted by molar-refractivity contribution is -0.385. The van der Waals surface area contributed by atoms with Gasteiger partial charge in [-0.2, -0.15) is 5.26 Å². The zero-order chi connectivity index (χ0) is 13.7. The summed E-state index contributed by atoms with van der Waals surface area (Å²) in [5.41, 5.74) is -0.833. The van der Waals surface area contributed by atoms with E-state index >= 15 is 0 Å². The van der Waals surface area contributed by atoms with Crippen LogP contribution in [-0.2, 0) is 16.0 Å². The number of nitriles is 1. The van der Waals surface area contributed by atoms with Crippen LogP contribution in [0.2, 0.25) is 0 Å². The van der Waals surface area contributed by atoms with Crippen LogP contribution in [0.25, 0.3) is 0 Å². The smallest absolute Gasteiger partial charge is 0.310 e. The maximum absolute atomic E-state index is 11.2. The van der Waals surface area contributed by atoms with Crippen molar-refractivity contribution in [2.75, 3.05) is 6.61 Å². The Labute approximate surface area is 102 Å². The van der Waals surface area contributed by atoms with Crippen LogP contribution >= 0.6 is 0 Å². The van der Waals surface area contributed by atoms with E-state index in [2.05, 4.69) is 4.74 Å². The fourth-order valence-corrected chi connectivity index (χ4v) is 1.40. The molecule has 1 rings (SSSR count). The Morgan fingerprint density at radius 3 is 2.78 bits per heavy atom. The molecule has 0 amide bonds. The van der Waals surface area contributed by atoms with Gasteiger partial charge in [-0.05, 0) is 13.0 Å². The minimum atomic E-state index is -0.771. The lowest BCUT2D eigenvalue weighted by atomic mass is 10.0. The van der Waals surface area contributed by atoms with Crippen molar-refractivity contribution in [1.29, 1.82) is 5.26 Å². The van der Waals surface area contributed by atoms with E-state index in [1.165, 1.54) is 6.07 Å². The largest absolute Gasteiger partial charge is 0.506 e. The van der Waals surface area contributed by atoms with Crippen LogP contribution in [0.5, 0.6) is 5.75 Å². The average Bonchev–Trinajstić information content (AvgIpc) is 2.31. The molecule has 18 heavy (non-hydrogen) atoms. The minimum absolute atomic E-state index is 0.121. The summed E-state index contributed by atoms with van der Waals surface area (Å²) in [4.78, 5) is 21.1. The lowest BCUT2D eigenvalue weighted by Gasteiger charge is -2.06. The van der Waals surface area contributed by atoms with Gasteiger partial charge in [0.25, 0.3) is 5.69 Å². The van der Waals surface area contributed by atoms with E-state index in [1.54, 1.807) is 13.0 Å². The summed E-state index contributed by atoms with van der Waals surface area (Å²) >= 11 is 0. The van der Waals surface area contributed by atoms with E-state index in [9.17, 15) is 20.0 Å². The molecule has 0 aliphatic carbocycles. The van der Waals surface area contributed by atoms with Crippen molar-refractivity contribution in [2.24, 2.45) is 0 Å². The van der Waals surface area contributed by atoms with Gasteiger partial charge in [-0.15, -0.1) is 0 Å². The number of nitrogens with zero attached hydrogens (tertiary/aromatic N) is 2. The maximum atomic E-state index is 11.2. The van der Waals surface area contributed by atoms with Gasteiger partial charge in [0.05, 0.1) is 18.0 Å². The highest BCUT2D eigenvalue weighted by atomic mass is 16.6. The van der Waals surface area contributed by atoms with Crippen LogP contribution in [0.15, 0.2) is 12.1 Å². The first-order valence-electron chi connectivity index (χ1n) is 5.06. The normalized spacial score (nSPS) is 9.56. The molecule has 0 aromatic heterocycles. The molecule has 7 heteroatoms. The molecule has 0 aliphatic rings. The molecule has 7 nitrogen and oxygen atoms in total. The second-order valence-corrected chi connectivity index (χ2v) is 3.32. The number of carbonyl (C=O) groups excluding carboxylic acids is 1. The predicted octanol–water partition coefficient (Wildman–Crippen LogP) is 1.28. The SMILES string of the molecule is CCOC(=O)Cc1ccc([N+](=O)[O-])c(C#N)c1O. The number of rotatable bonds is 4. The number of benzene rings is 1. The Bertz CT molecular complexity index is 533. The maximum Gasteiger partial charge on any atom is 0.310 e. The van der Waals surface area contributed by atoms with E-state index in [4.69, 9.17) is 5.26 Å². The van der Waals surface area contributed by atoms with E-state index in [-0.39, 0.29) is 18.6 Å². The van der Waals surface area contributed by atoms with Gasteiger partial charge in [0, 0.05) is 11.6 Å². The number of nitro benzene ring substituents is 1. The molecule has 0 saturated heterocycles. The molecular formula is C11H10N2O5. The second-order valence-electron chi connectivity index (χ2n) is 3.32. The molecule has 0 heterocycles. The van der Waals surface area contributed by atoms with Crippen LogP contribution in [0, 0.1) is 21.4 Å². The van der Waals surface area contributed by atoms with Crippen LogP contribution in [0.4, 0.5) is 5.69 Å². The summed E-state index contributed by atoms with van der Waals surface area (Å²) in [5.74, 6) is -1.13. The molecule has 94 valence electrons. The summed E-state index contributed by atoms with van der Waals surface area (Å²) < 4.78 is 4.69. The molecular weight excluding hydrogens is 240 g/mol. The van der Waals surface area contributed by atoms with Crippen LogP contribution < -0.4 is 0 Å². The van der Waals surface area contributed by atoms with Gasteiger partial charge in [-0.3, -0.25) is 14.9 Å². The van der Waals surface area contributed by atoms with Crippen LogP contribution in [0.3, 0.4) is 0 Å².